The van der Waals surface area contributed by atoms with Crippen molar-refractivity contribution in [3.63, 3.8) is 0 Å². The number of benzene rings is 1. The molecule has 0 spiro atoms. The normalized spacial score (nSPS) is 20.2. The van der Waals surface area contributed by atoms with Gasteiger partial charge in [0.05, 0.1) is 25.5 Å². The number of morpholine rings is 1. The number of rotatable bonds is 2. The highest BCUT2D eigenvalue weighted by molar-refractivity contribution is 5.79. The van der Waals surface area contributed by atoms with Gasteiger partial charge >= 0.3 is 6.09 Å². The first-order valence-corrected chi connectivity index (χ1v) is 5.57. The van der Waals surface area contributed by atoms with Crippen LogP contribution in [0.25, 0.3) is 0 Å². The summed E-state index contributed by atoms with van der Waals surface area (Å²) in [5.74, 6) is 0. The third-order valence-corrected chi connectivity index (χ3v) is 2.90. The summed E-state index contributed by atoms with van der Waals surface area (Å²) >= 11 is 0. The molecule has 1 fully saturated rings. The quantitative estimate of drug-likeness (QED) is 0.474. The van der Waals surface area contributed by atoms with Crippen LogP contribution in [0.15, 0.2) is 29.4 Å². The molecule has 0 aromatic heterocycles. The summed E-state index contributed by atoms with van der Waals surface area (Å²) in [5.41, 5.74) is 1.62. The summed E-state index contributed by atoms with van der Waals surface area (Å²) in [6.07, 6.45) is 0.375. The first kappa shape index (κ1) is 12.4. The predicted molar refractivity (Wildman–Crippen MR) is 64.1 cm³/mol. The fourth-order valence-corrected chi connectivity index (χ4v) is 1.98. The van der Waals surface area contributed by atoms with Gasteiger partial charge in [-0.3, -0.25) is 4.90 Å². The molecule has 1 aromatic rings. The molecule has 6 heteroatoms. The maximum atomic E-state index is 11.1. The van der Waals surface area contributed by atoms with Gasteiger partial charge in [-0.1, -0.05) is 29.4 Å². The molecule has 6 nitrogen and oxygen atoms in total. The summed E-state index contributed by atoms with van der Waals surface area (Å²) in [6, 6.07) is 6.88. The van der Waals surface area contributed by atoms with Crippen molar-refractivity contribution in [1.29, 1.82) is 0 Å². The van der Waals surface area contributed by atoms with E-state index in [1.165, 1.54) is 11.1 Å². The SMILES string of the molecule is O=C(O)N1CCOC[C@H]1c1ccc(C=NO)cc1. The lowest BCUT2D eigenvalue weighted by molar-refractivity contribution is -0.000894. The van der Waals surface area contributed by atoms with Crippen LogP contribution in [0, 0.1) is 0 Å². The van der Waals surface area contributed by atoms with E-state index in [0.717, 1.165) is 11.1 Å². The Bertz CT molecular complexity index is 444. The van der Waals surface area contributed by atoms with E-state index in [0.29, 0.717) is 19.8 Å². The molecule has 2 N–H and O–H groups in total. The predicted octanol–water partition coefficient (Wildman–Crippen LogP) is 1.55. The van der Waals surface area contributed by atoms with Crippen LogP contribution in [0.3, 0.4) is 0 Å². The molecule has 0 bridgehead atoms. The zero-order valence-corrected chi connectivity index (χ0v) is 9.69. The van der Waals surface area contributed by atoms with Crippen LogP contribution < -0.4 is 0 Å². The van der Waals surface area contributed by atoms with Gasteiger partial charge in [0.2, 0.25) is 0 Å². The average Bonchev–Trinajstić information content (AvgIpc) is 2.40. The van der Waals surface area contributed by atoms with Gasteiger partial charge in [-0.05, 0) is 11.1 Å². The third kappa shape index (κ3) is 2.60. The van der Waals surface area contributed by atoms with E-state index >= 15 is 0 Å². The molecule has 0 radical (unpaired) electrons. The summed E-state index contributed by atoms with van der Waals surface area (Å²) in [6.45, 7) is 1.16. The van der Waals surface area contributed by atoms with Gasteiger partial charge in [-0.2, -0.15) is 0 Å². The molecule has 1 aliphatic rings. The number of hydrogen-bond donors (Lipinski definition) is 2. The van der Waals surface area contributed by atoms with Crippen molar-refractivity contribution in [2.24, 2.45) is 5.16 Å². The van der Waals surface area contributed by atoms with Crippen LogP contribution in [0.1, 0.15) is 17.2 Å². The largest absolute Gasteiger partial charge is 0.465 e. The highest BCUT2D eigenvalue weighted by Gasteiger charge is 2.28. The molecular weight excluding hydrogens is 236 g/mol. The molecule has 0 aliphatic carbocycles. The van der Waals surface area contributed by atoms with Crippen LogP contribution in [-0.2, 0) is 4.74 Å². The number of carbonyl (C=O) groups is 1. The van der Waals surface area contributed by atoms with Gasteiger partial charge in [-0.25, -0.2) is 4.79 Å². The summed E-state index contributed by atoms with van der Waals surface area (Å²) < 4.78 is 5.32. The Hall–Kier alpha value is -2.08. The Morgan fingerprint density at radius 2 is 2.17 bits per heavy atom. The Labute approximate surface area is 104 Å². The Morgan fingerprint density at radius 1 is 1.44 bits per heavy atom. The lowest BCUT2D eigenvalue weighted by Gasteiger charge is -2.33. The van der Waals surface area contributed by atoms with E-state index in [2.05, 4.69) is 5.16 Å². The van der Waals surface area contributed by atoms with E-state index in [1.54, 1.807) is 12.1 Å². The molecule has 0 saturated carbocycles. The summed E-state index contributed by atoms with van der Waals surface area (Å²) in [7, 11) is 0. The van der Waals surface area contributed by atoms with Gasteiger partial charge in [0, 0.05) is 6.54 Å². The average molecular weight is 250 g/mol. The molecule has 1 aliphatic heterocycles. The Morgan fingerprint density at radius 3 is 2.78 bits per heavy atom. The van der Waals surface area contributed by atoms with Gasteiger partial charge in [0.15, 0.2) is 0 Å². The fraction of sp³-hybridized carbons (Fsp3) is 0.333. The number of ether oxygens (including phenoxy) is 1. The Balaban J connectivity index is 2.20. The Kier molecular flexibility index (Phi) is 3.78. The minimum Gasteiger partial charge on any atom is -0.465 e. The minimum absolute atomic E-state index is 0.281. The van der Waals surface area contributed by atoms with E-state index < -0.39 is 6.09 Å². The van der Waals surface area contributed by atoms with E-state index in [9.17, 15) is 4.79 Å². The van der Waals surface area contributed by atoms with Crippen LogP contribution in [-0.4, -0.2) is 47.3 Å². The zero-order valence-electron chi connectivity index (χ0n) is 9.69. The number of amides is 1. The van der Waals surface area contributed by atoms with E-state index in [4.69, 9.17) is 15.1 Å². The van der Waals surface area contributed by atoms with Crippen LogP contribution >= 0.6 is 0 Å². The summed E-state index contributed by atoms with van der Waals surface area (Å²) in [5, 5.41) is 20.5. The zero-order chi connectivity index (χ0) is 13.0. The lowest BCUT2D eigenvalue weighted by atomic mass is 10.0. The number of oxime groups is 1. The fourth-order valence-electron chi connectivity index (χ4n) is 1.98. The number of carboxylic acid groups (broad SMARTS) is 1. The van der Waals surface area contributed by atoms with Gasteiger partial charge in [-0.15, -0.1) is 0 Å². The second-order valence-corrected chi connectivity index (χ2v) is 3.98. The number of nitrogens with zero attached hydrogens (tertiary/aromatic N) is 2. The minimum atomic E-state index is -0.940. The second kappa shape index (κ2) is 5.50. The van der Waals surface area contributed by atoms with Crippen LogP contribution in [0.5, 0.6) is 0 Å². The smallest absolute Gasteiger partial charge is 0.407 e. The molecule has 96 valence electrons. The summed E-state index contributed by atoms with van der Waals surface area (Å²) in [4.78, 5) is 12.5. The maximum absolute atomic E-state index is 11.1. The third-order valence-electron chi connectivity index (χ3n) is 2.90. The van der Waals surface area contributed by atoms with Crippen molar-refractivity contribution < 1.29 is 19.8 Å². The topological polar surface area (TPSA) is 82.4 Å². The molecule has 1 atom stereocenters. The van der Waals surface area contributed by atoms with E-state index in [1.807, 2.05) is 12.1 Å². The molecule has 1 aromatic carbocycles. The highest BCUT2D eigenvalue weighted by Crippen LogP contribution is 2.24. The van der Waals surface area contributed by atoms with Gasteiger partial charge in [0.25, 0.3) is 0 Å². The number of hydrogen-bond acceptors (Lipinski definition) is 4. The molecule has 1 saturated heterocycles. The molecule has 1 amide bonds. The lowest BCUT2D eigenvalue weighted by Crippen LogP contribution is -2.42. The standard InChI is InChI=1S/C12H14N2O4/c15-12(16)14-5-6-18-8-11(14)10-3-1-9(2-4-10)7-13-17/h1-4,7,11,17H,5-6,8H2,(H,15,16)/t11-/m0/s1. The molecule has 18 heavy (non-hydrogen) atoms. The van der Waals surface area contributed by atoms with Gasteiger partial charge in [0.1, 0.15) is 0 Å². The van der Waals surface area contributed by atoms with Crippen molar-refractivity contribution in [2.75, 3.05) is 19.8 Å². The molecular formula is C12H14N2O4. The van der Waals surface area contributed by atoms with Crippen molar-refractivity contribution in [2.45, 2.75) is 6.04 Å². The van der Waals surface area contributed by atoms with Crippen molar-refractivity contribution in [3.05, 3.63) is 35.4 Å². The highest BCUT2D eigenvalue weighted by atomic mass is 16.5. The maximum Gasteiger partial charge on any atom is 0.407 e. The van der Waals surface area contributed by atoms with Gasteiger partial charge < -0.3 is 15.1 Å². The van der Waals surface area contributed by atoms with Crippen molar-refractivity contribution in [1.82, 2.24) is 4.90 Å². The molecule has 2 rings (SSSR count). The van der Waals surface area contributed by atoms with E-state index in [-0.39, 0.29) is 6.04 Å². The monoisotopic (exact) mass is 250 g/mol. The van der Waals surface area contributed by atoms with Crippen LogP contribution in [0.4, 0.5) is 4.79 Å². The second-order valence-electron chi connectivity index (χ2n) is 3.98. The first-order chi connectivity index (χ1) is 8.72. The van der Waals surface area contributed by atoms with Crippen molar-refractivity contribution in [3.8, 4) is 0 Å². The van der Waals surface area contributed by atoms with Crippen LogP contribution in [0.2, 0.25) is 0 Å². The molecule has 0 unspecified atom stereocenters. The van der Waals surface area contributed by atoms with Crippen molar-refractivity contribution >= 4 is 12.3 Å². The molecule has 1 heterocycles. The first-order valence-electron chi connectivity index (χ1n) is 5.57.